The molecule has 0 spiro atoms. The van der Waals surface area contributed by atoms with Gasteiger partial charge >= 0.3 is 12.5 Å². The molecule has 0 radical (unpaired) electrons. The number of fused-ring (bicyclic) bond motifs is 1. The van der Waals surface area contributed by atoms with Crippen molar-refractivity contribution in [3.63, 3.8) is 0 Å². The maximum absolute atomic E-state index is 14.6. The first-order valence-corrected chi connectivity index (χ1v) is 8.70. The van der Waals surface area contributed by atoms with Gasteiger partial charge in [0.15, 0.2) is 11.6 Å². The predicted molar refractivity (Wildman–Crippen MR) is 95.8 cm³/mol. The molecule has 3 aromatic rings. The number of alkyl halides is 3. The number of aromatic nitrogens is 2. The lowest BCUT2D eigenvalue weighted by molar-refractivity contribution is -0.274. The molecule has 0 bridgehead atoms. The van der Waals surface area contributed by atoms with Crippen LogP contribution in [-0.2, 0) is 13.1 Å². The zero-order valence-electron chi connectivity index (χ0n) is 15.2. The van der Waals surface area contributed by atoms with E-state index in [1.54, 1.807) is 12.1 Å². The zero-order chi connectivity index (χ0) is 21.3. The maximum Gasteiger partial charge on any atom is 0.573 e. The van der Waals surface area contributed by atoms with Crippen LogP contribution in [0.4, 0.5) is 22.4 Å². The summed E-state index contributed by atoms with van der Waals surface area (Å²) in [5.41, 5.74) is 1.30. The quantitative estimate of drug-likeness (QED) is 0.574. The Labute approximate surface area is 167 Å². The Morgan fingerprint density at radius 1 is 1.07 bits per heavy atom. The minimum absolute atomic E-state index is 0.0620. The Balaban J connectivity index is 1.59. The highest BCUT2D eigenvalue weighted by molar-refractivity contribution is 5.75. The third-order valence-electron chi connectivity index (χ3n) is 4.30. The molecule has 2 aromatic carbocycles. The number of carbonyl (C=O) groups is 1. The number of rotatable bonds is 4. The summed E-state index contributed by atoms with van der Waals surface area (Å²) in [4.78, 5) is 21.6. The molecule has 10 heteroatoms. The van der Waals surface area contributed by atoms with Crippen LogP contribution >= 0.6 is 0 Å². The molecule has 154 valence electrons. The molecule has 0 fully saturated rings. The second-order valence-corrected chi connectivity index (χ2v) is 6.41. The van der Waals surface area contributed by atoms with Crippen molar-refractivity contribution in [3.05, 3.63) is 72.1 Å². The summed E-state index contributed by atoms with van der Waals surface area (Å²) in [6.45, 7) is 0.140. The van der Waals surface area contributed by atoms with Gasteiger partial charge in [-0.15, -0.1) is 13.2 Å². The van der Waals surface area contributed by atoms with Gasteiger partial charge in [-0.2, -0.15) is 0 Å². The molecule has 2 heterocycles. The van der Waals surface area contributed by atoms with Gasteiger partial charge in [0.25, 0.3) is 0 Å². The number of nitrogens with zero attached hydrogens (tertiary/aromatic N) is 3. The van der Waals surface area contributed by atoms with Gasteiger partial charge < -0.3 is 9.47 Å². The van der Waals surface area contributed by atoms with E-state index in [0.29, 0.717) is 22.5 Å². The van der Waals surface area contributed by atoms with Crippen LogP contribution in [0, 0.1) is 5.82 Å². The average molecular weight is 419 g/mol. The van der Waals surface area contributed by atoms with Crippen molar-refractivity contribution >= 4 is 6.09 Å². The standard InChI is InChI=1S/C20H13F4N3O3/c21-16-9-13(12-2-4-15(5-3-12)30-20(22,23)24)8-14-10-27(19(28)29-18(14)16)11-17-25-6-1-7-26-17/h1-9H,10-11H2. The highest BCUT2D eigenvalue weighted by Crippen LogP contribution is 2.35. The normalized spacial score (nSPS) is 13.6. The van der Waals surface area contributed by atoms with E-state index >= 15 is 0 Å². The first-order chi connectivity index (χ1) is 14.3. The van der Waals surface area contributed by atoms with Crippen LogP contribution in [-0.4, -0.2) is 27.3 Å². The largest absolute Gasteiger partial charge is 0.573 e. The van der Waals surface area contributed by atoms with Crippen LogP contribution in [0.1, 0.15) is 11.4 Å². The minimum atomic E-state index is -4.80. The molecule has 30 heavy (non-hydrogen) atoms. The third kappa shape index (κ3) is 4.32. The molecule has 4 rings (SSSR count). The van der Waals surface area contributed by atoms with Crippen LogP contribution in [0.3, 0.4) is 0 Å². The molecule has 1 aliphatic heterocycles. The molecule has 1 aliphatic rings. The fourth-order valence-corrected chi connectivity index (χ4v) is 3.02. The lowest BCUT2D eigenvalue weighted by Crippen LogP contribution is -2.37. The molecule has 0 atom stereocenters. The van der Waals surface area contributed by atoms with Crippen LogP contribution in [0.25, 0.3) is 11.1 Å². The summed E-state index contributed by atoms with van der Waals surface area (Å²) in [6, 6.07) is 9.45. The number of halogens is 4. The predicted octanol–water partition coefficient (Wildman–Crippen LogP) is 4.70. The molecular weight excluding hydrogens is 406 g/mol. The average Bonchev–Trinajstić information content (AvgIpc) is 2.69. The number of hydrogen-bond acceptors (Lipinski definition) is 5. The van der Waals surface area contributed by atoms with Gasteiger partial charge in [0.2, 0.25) is 0 Å². The molecule has 0 saturated carbocycles. The second-order valence-electron chi connectivity index (χ2n) is 6.41. The van der Waals surface area contributed by atoms with Crippen LogP contribution in [0.15, 0.2) is 54.9 Å². The van der Waals surface area contributed by atoms with Crippen molar-refractivity contribution in [2.24, 2.45) is 0 Å². The molecule has 0 N–H and O–H groups in total. The Hall–Kier alpha value is -3.69. The highest BCUT2D eigenvalue weighted by Gasteiger charge is 2.31. The van der Waals surface area contributed by atoms with Crippen molar-refractivity contribution in [1.29, 1.82) is 0 Å². The monoisotopic (exact) mass is 419 g/mol. The van der Waals surface area contributed by atoms with Gasteiger partial charge in [0.05, 0.1) is 13.1 Å². The topological polar surface area (TPSA) is 64.6 Å². The summed E-state index contributed by atoms with van der Waals surface area (Å²) in [5, 5.41) is 0. The summed E-state index contributed by atoms with van der Waals surface area (Å²) in [7, 11) is 0. The second kappa shape index (κ2) is 7.62. The Bertz CT molecular complexity index is 1070. The first kappa shape index (κ1) is 19.6. The van der Waals surface area contributed by atoms with Crippen LogP contribution in [0.2, 0.25) is 0 Å². The minimum Gasteiger partial charge on any atom is -0.407 e. The highest BCUT2D eigenvalue weighted by atomic mass is 19.4. The van der Waals surface area contributed by atoms with E-state index in [9.17, 15) is 22.4 Å². The third-order valence-corrected chi connectivity index (χ3v) is 4.30. The van der Waals surface area contributed by atoms with Gasteiger partial charge in [-0.3, -0.25) is 4.90 Å². The van der Waals surface area contributed by atoms with Gasteiger partial charge in [-0.1, -0.05) is 12.1 Å². The van der Waals surface area contributed by atoms with Crippen molar-refractivity contribution in [2.45, 2.75) is 19.5 Å². The Kier molecular flexibility index (Phi) is 4.98. The summed E-state index contributed by atoms with van der Waals surface area (Å²) < 4.78 is 60.4. The van der Waals surface area contributed by atoms with E-state index in [0.717, 1.165) is 18.2 Å². The van der Waals surface area contributed by atoms with Crippen molar-refractivity contribution < 1.29 is 31.8 Å². The Morgan fingerprint density at radius 3 is 2.43 bits per heavy atom. The molecule has 0 unspecified atom stereocenters. The summed E-state index contributed by atoms with van der Waals surface area (Å²) >= 11 is 0. The summed E-state index contributed by atoms with van der Waals surface area (Å²) in [5.74, 6) is -0.907. The summed E-state index contributed by atoms with van der Waals surface area (Å²) in [6.07, 6.45) is -2.45. The molecule has 1 amide bonds. The van der Waals surface area contributed by atoms with E-state index in [1.165, 1.54) is 29.4 Å². The van der Waals surface area contributed by atoms with E-state index in [4.69, 9.17) is 4.74 Å². The number of benzene rings is 2. The molecule has 0 saturated heterocycles. The fourth-order valence-electron chi connectivity index (χ4n) is 3.02. The number of hydrogen-bond donors (Lipinski definition) is 0. The lowest BCUT2D eigenvalue weighted by atomic mass is 10.0. The van der Waals surface area contributed by atoms with Crippen molar-refractivity contribution in [1.82, 2.24) is 14.9 Å². The molecule has 6 nitrogen and oxygen atoms in total. The molecule has 0 aliphatic carbocycles. The molecular formula is C20H13F4N3O3. The van der Waals surface area contributed by atoms with Gasteiger partial charge in [-0.05, 0) is 41.5 Å². The number of ether oxygens (including phenoxy) is 2. The number of carbonyl (C=O) groups excluding carboxylic acids is 1. The van der Waals surface area contributed by atoms with Crippen molar-refractivity contribution in [3.8, 4) is 22.6 Å². The molecule has 1 aromatic heterocycles. The SMILES string of the molecule is O=C1Oc2c(F)cc(-c3ccc(OC(F)(F)F)cc3)cc2CN1Cc1ncccn1. The van der Waals surface area contributed by atoms with E-state index < -0.39 is 18.3 Å². The number of amides is 1. The van der Waals surface area contributed by atoms with Crippen LogP contribution < -0.4 is 9.47 Å². The lowest BCUT2D eigenvalue weighted by Gasteiger charge is -2.28. The van der Waals surface area contributed by atoms with Gasteiger partial charge in [0.1, 0.15) is 11.6 Å². The van der Waals surface area contributed by atoms with Crippen molar-refractivity contribution in [2.75, 3.05) is 0 Å². The van der Waals surface area contributed by atoms with E-state index in [2.05, 4.69) is 14.7 Å². The maximum atomic E-state index is 14.6. The van der Waals surface area contributed by atoms with Gasteiger partial charge in [-0.25, -0.2) is 19.2 Å². The van der Waals surface area contributed by atoms with Gasteiger partial charge in [0, 0.05) is 18.0 Å². The smallest absolute Gasteiger partial charge is 0.407 e. The van der Waals surface area contributed by atoms with E-state index in [-0.39, 0.29) is 24.6 Å². The van der Waals surface area contributed by atoms with E-state index in [1.807, 2.05) is 0 Å². The Morgan fingerprint density at radius 2 is 1.77 bits per heavy atom. The van der Waals surface area contributed by atoms with Crippen LogP contribution in [0.5, 0.6) is 11.5 Å². The first-order valence-electron chi connectivity index (χ1n) is 8.70. The zero-order valence-corrected chi connectivity index (χ0v) is 15.2. The fraction of sp³-hybridized carbons (Fsp3) is 0.150.